The van der Waals surface area contributed by atoms with Gasteiger partial charge in [-0.2, -0.15) is 4.39 Å². The maximum absolute atomic E-state index is 13.4. The minimum absolute atomic E-state index is 0.0884. The summed E-state index contributed by atoms with van der Waals surface area (Å²) in [7, 11) is 0. The third kappa shape index (κ3) is 2.29. The summed E-state index contributed by atoms with van der Waals surface area (Å²) in [6.45, 7) is 6.31. The van der Waals surface area contributed by atoms with Crippen molar-refractivity contribution in [3.8, 4) is 0 Å². The van der Waals surface area contributed by atoms with Gasteiger partial charge in [-0.25, -0.2) is 0 Å². The molecule has 0 saturated carbocycles. The van der Waals surface area contributed by atoms with Gasteiger partial charge in [-0.3, -0.25) is 10.1 Å². The lowest BCUT2D eigenvalue weighted by atomic mass is 10.2. The third-order valence-electron chi connectivity index (χ3n) is 2.42. The number of nitro groups is 1. The Bertz CT molecular complexity index is 394. The van der Waals surface area contributed by atoms with E-state index < -0.39 is 16.4 Å². The fourth-order valence-electron chi connectivity index (χ4n) is 1.73. The van der Waals surface area contributed by atoms with Crippen molar-refractivity contribution in [2.45, 2.75) is 26.8 Å². The summed E-state index contributed by atoms with van der Waals surface area (Å²) in [5.41, 5.74) is -0.111. The van der Waals surface area contributed by atoms with Crippen LogP contribution >= 0.6 is 0 Å². The molecular formula is C11H15FN2O2. The first kappa shape index (κ1) is 12.4. The Morgan fingerprint density at radius 2 is 2.12 bits per heavy atom. The zero-order valence-corrected chi connectivity index (χ0v) is 9.61. The second-order valence-electron chi connectivity index (χ2n) is 3.74. The Labute approximate surface area is 93.8 Å². The van der Waals surface area contributed by atoms with Crippen LogP contribution in [0.15, 0.2) is 18.2 Å². The topological polar surface area (TPSA) is 46.4 Å². The second-order valence-corrected chi connectivity index (χ2v) is 3.74. The summed E-state index contributed by atoms with van der Waals surface area (Å²) < 4.78 is 13.4. The number of nitrogens with zero attached hydrogens (tertiary/aromatic N) is 2. The van der Waals surface area contributed by atoms with Crippen molar-refractivity contribution >= 4 is 11.4 Å². The molecule has 0 aliphatic heterocycles. The summed E-state index contributed by atoms with van der Waals surface area (Å²) in [6, 6.07) is 4.26. The number of anilines is 1. The highest BCUT2D eigenvalue weighted by molar-refractivity contribution is 5.64. The maximum Gasteiger partial charge on any atom is 0.327 e. The highest BCUT2D eigenvalue weighted by Crippen LogP contribution is 2.31. The van der Waals surface area contributed by atoms with E-state index in [1.54, 1.807) is 11.0 Å². The molecule has 1 aromatic rings. The van der Waals surface area contributed by atoms with Crippen molar-refractivity contribution in [3.63, 3.8) is 0 Å². The highest BCUT2D eigenvalue weighted by atomic mass is 19.1. The first-order valence-electron chi connectivity index (χ1n) is 5.18. The van der Waals surface area contributed by atoms with E-state index >= 15 is 0 Å². The third-order valence-corrected chi connectivity index (χ3v) is 2.42. The van der Waals surface area contributed by atoms with Crippen LogP contribution < -0.4 is 4.90 Å². The summed E-state index contributed by atoms with van der Waals surface area (Å²) in [5.74, 6) is -0.790. The van der Waals surface area contributed by atoms with Gasteiger partial charge >= 0.3 is 5.69 Å². The molecule has 0 radical (unpaired) electrons. The molecule has 0 atom stereocenters. The van der Waals surface area contributed by atoms with Gasteiger partial charge in [0, 0.05) is 12.6 Å². The number of hydrogen-bond donors (Lipinski definition) is 0. The molecule has 1 rings (SSSR count). The van der Waals surface area contributed by atoms with Gasteiger partial charge in [0.1, 0.15) is 5.69 Å². The van der Waals surface area contributed by atoms with Crippen molar-refractivity contribution in [2.24, 2.45) is 0 Å². The van der Waals surface area contributed by atoms with Crippen molar-refractivity contribution in [1.82, 2.24) is 0 Å². The van der Waals surface area contributed by atoms with Gasteiger partial charge in [0.15, 0.2) is 0 Å². The van der Waals surface area contributed by atoms with E-state index in [0.717, 1.165) is 6.07 Å². The Balaban J connectivity index is 3.31. The van der Waals surface area contributed by atoms with Crippen LogP contribution in [0.4, 0.5) is 15.8 Å². The number of para-hydroxylation sites is 1. The highest BCUT2D eigenvalue weighted by Gasteiger charge is 2.24. The molecule has 0 bridgehead atoms. The van der Waals surface area contributed by atoms with Crippen molar-refractivity contribution in [3.05, 3.63) is 34.1 Å². The lowest BCUT2D eigenvalue weighted by Gasteiger charge is -2.26. The minimum atomic E-state index is -0.790. The molecule has 0 fully saturated rings. The van der Waals surface area contributed by atoms with E-state index in [1.165, 1.54) is 6.07 Å². The molecule has 88 valence electrons. The zero-order chi connectivity index (χ0) is 12.3. The zero-order valence-electron chi connectivity index (χ0n) is 9.61. The smallest absolute Gasteiger partial charge is 0.327 e. The molecule has 0 saturated heterocycles. The van der Waals surface area contributed by atoms with Crippen LogP contribution in [0.1, 0.15) is 20.8 Å². The van der Waals surface area contributed by atoms with E-state index in [-0.39, 0.29) is 6.04 Å². The molecular weight excluding hydrogens is 211 g/mol. The molecule has 0 spiro atoms. The van der Waals surface area contributed by atoms with Crippen LogP contribution in [0.2, 0.25) is 0 Å². The molecule has 0 aliphatic carbocycles. The lowest BCUT2D eigenvalue weighted by molar-refractivity contribution is -0.386. The molecule has 0 unspecified atom stereocenters. The molecule has 1 aromatic carbocycles. The predicted octanol–water partition coefficient (Wildman–Crippen LogP) is 2.97. The van der Waals surface area contributed by atoms with E-state index in [1.807, 2.05) is 20.8 Å². The van der Waals surface area contributed by atoms with Crippen molar-refractivity contribution < 1.29 is 9.31 Å². The average Bonchev–Trinajstić information content (AvgIpc) is 2.17. The lowest BCUT2D eigenvalue weighted by Crippen LogP contribution is -2.31. The summed E-state index contributed by atoms with van der Waals surface area (Å²) >= 11 is 0. The SMILES string of the molecule is CCN(c1cccc(F)c1[N+](=O)[O-])C(C)C. The summed E-state index contributed by atoms with van der Waals surface area (Å²) in [4.78, 5) is 11.9. The normalized spacial score (nSPS) is 10.6. The van der Waals surface area contributed by atoms with Gasteiger partial charge in [-0.15, -0.1) is 0 Å². The first-order valence-corrected chi connectivity index (χ1v) is 5.18. The van der Waals surface area contributed by atoms with Crippen LogP contribution in [0.5, 0.6) is 0 Å². The number of benzene rings is 1. The minimum Gasteiger partial charge on any atom is -0.364 e. The standard InChI is InChI=1S/C11H15FN2O2/c1-4-13(8(2)3)10-7-5-6-9(12)11(10)14(15)16/h5-8H,4H2,1-3H3. The number of hydrogen-bond acceptors (Lipinski definition) is 3. The van der Waals surface area contributed by atoms with E-state index in [2.05, 4.69) is 0 Å². The van der Waals surface area contributed by atoms with Crippen LogP contribution in [0.25, 0.3) is 0 Å². The summed E-state index contributed by atoms with van der Waals surface area (Å²) in [6.07, 6.45) is 0. The Morgan fingerprint density at radius 1 is 1.50 bits per heavy atom. The van der Waals surface area contributed by atoms with E-state index in [0.29, 0.717) is 12.2 Å². The van der Waals surface area contributed by atoms with Crippen LogP contribution in [-0.2, 0) is 0 Å². The van der Waals surface area contributed by atoms with E-state index in [4.69, 9.17) is 0 Å². The molecule has 0 heterocycles. The van der Waals surface area contributed by atoms with Crippen molar-refractivity contribution in [2.75, 3.05) is 11.4 Å². The molecule has 16 heavy (non-hydrogen) atoms. The quantitative estimate of drug-likeness (QED) is 0.585. The molecule has 0 aliphatic rings. The van der Waals surface area contributed by atoms with Crippen LogP contribution in [-0.4, -0.2) is 17.5 Å². The number of rotatable bonds is 4. The predicted molar refractivity (Wildman–Crippen MR) is 61.2 cm³/mol. The maximum atomic E-state index is 13.4. The van der Waals surface area contributed by atoms with Crippen LogP contribution in [0.3, 0.4) is 0 Å². The van der Waals surface area contributed by atoms with E-state index in [9.17, 15) is 14.5 Å². The number of halogens is 1. The Hall–Kier alpha value is -1.65. The Kier molecular flexibility index (Phi) is 3.82. The number of nitro benzene ring substituents is 1. The first-order chi connectivity index (χ1) is 7.49. The van der Waals surface area contributed by atoms with Gasteiger partial charge < -0.3 is 4.90 Å². The molecule has 0 aromatic heterocycles. The fraction of sp³-hybridized carbons (Fsp3) is 0.455. The van der Waals surface area contributed by atoms with Gasteiger partial charge in [-0.1, -0.05) is 6.07 Å². The fourth-order valence-corrected chi connectivity index (χ4v) is 1.73. The van der Waals surface area contributed by atoms with Gasteiger partial charge in [0.25, 0.3) is 0 Å². The molecule has 4 nitrogen and oxygen atoms in total. The summed E-state index contributed by atoms with van der Waals surface area (Å²) in [5, 5.41) is 10.8. The van der Waals surface area contributed by atoms with Crippen molar-refractivity contribution in [1.29, 1.82) is 0 Å². The molecule has 0 amide bonds. The largest absolute Gasteiger partial charge is 0.364 e. The monoisotopic (exact) mass is 226 g/mol. The molecule has 0 N–H and O–H groups in total. The van der Waals surface area contributed by atoms with Gasteiger partial charge in [0.05, 0.1) is 4.92 Å². The Morgan fingerprint density at radius 3 is 2.56 bits per heavy atom. The van der Waals surface area contributed by atoms with Gasteiger partial charge in [-0.05, 0) is 32.9 Å². The van der Waals surface area contributed by atoms with Gasteiger partial charge in [0.2, 0.25) is 5.82 Å². The average molecular weight is 226 g/mol. The molecule has 5 heteroatoms. The van der Waals surface area contributed by atoms with Crippen LogP contribution in [0, 0.1) is 15.9 Å². The second kappa shape index (κ2) is 4.92.